The number of aromatic nitrogens is 2. The average Bonchev–Trinajstić information content (AvgIpc) is 2.43. The van der Waals surface area contributed by atoms with Crippen LogP contribution in [0.15, 0.2) is 0 Å². The predicted molar refractivity (Wildman–Crippen MR) is 84.0 cm³/mol. The van der Waals surface area contributed by atoms with Crippen LogP contribution in [0.25, 0.3) is 0 Å². The van der Waals surface area contributed by atoms with Gasteiger partial charge in [0.15, 0.2) is 0 Å². The van der Waals surface area contributed by atoms with Crippen LogP contribution in [-0.2, 0) is 10.2 Å². The minimum Gasteiger partial charge on any atom is -0.394 e. The second-order valence-corrected chi connectivity index (χ2v) is 7.10. The van der Waals surface area contributed by atoms with Gasteiger partial charge in [0.1, 0.15) is 16.8 Å². The molecule has 6 heteroatoms. The summed E-state index contributed by atoms with van der Waals surface area (Å²) in [6.07, 6.45) is 1.49. The molecule has 118 valence electrons. The summed E-state index contributed by atoms with van der Waals surface area (Å²) in [5, 5.41) is 13.7. The molecule has 1 fully saturated rings. The molecule has 0 saturated carbocycles. The molecule has 0 amide bonds. The van der Waals surface area contributed by atoms with E-state index in [-0.39, 0.29) is 12.0 Å². The number of ether oxygens (including phenoxy) is 1. The van der Waals surface area contributed by atoms with Gasteiger partial charge in [-0.05, 0) is 19.8 Å². The van der Waals surface area contributed by atoms with Crippen molar-refractivity contribution in [2.45, 2.75) is 51.5 Å². The maximum atomic E-state index is 9.80. The van der Waals surface area contributed by atoms with E-state index in [0.29, 0.717) is 30.0 Å². The molecule has 0 aromatic carbocycles. The van der Waals surface area contributed by atoms with Gasteiger partial charge in [-0.3, -0.25) is 0 Å². The summed E-state index contributed by atoms with van der Waals surface area (Å²) in [5.41, 5.74) is 0.232. The molecule has 0 spiro atoms. The fraction of sp³-hybridized carbons (Fsp3) is 0.733. The maximum Gasteiger partial charge on any atom is 0.137 e. The molecule has 1 aliphatic rings. The van der Waals surface area contributed by atoms with Crippen molar-refractivity contribution in [1.29, 1.82) is 0 Å². The number of nitrogens with zero attached hydrogens (tertiary/aromatic N) is 2. The highest BCUT2D eigenvalue weighted by atomic mass is 35.5. The molecule has 0 radical (unpaired) electrons. The van der Waals surface area contributed by atoms with Crippen LogP contribution in [0.3, 0.4) is 0 Å². The van der Waals surface area contributed by atoms with Gasteiger partial charge in [0.2, 0.25) is 0 Å². The molecule has 1 aromatic heterocycles. The van der Waals surface area contributed by atoms with Crippen LogP contribution in [0.1, 0.15) is 45.0 Å². The zero-order chi connectivity index (χ0) is 15.7. The molecule has 1 aliphatic heterocycles. The van der Waals surface area contributed by atoms with E-state index in [1.807, 2.05) is 27.7 Å². The first-order valence-electron chi connectivity index (χ1n) is 7.29. The van der Waals surface area contributed by atoms with Gasteiger partial charge in [-0.25, -0.2) is 9.97 Å². The van der Waals surface area contributed by atoms with E-state index in [0.717, 1.165) is 18.4 Å². The predicted octanol–water partition coefficient (Wildman–Crippen LogP) is 2.69. The molecule has 2 heterocycles. The number of nitrogens with one attached hydrogen (secondary N) is 1. The molecule has 1 saturated heterocycles. The quantitative estimate of drug-likeness (QED) is 0.840. The molecular weight excluding hydrogens is 290 g/mol. The zero-order valence-electron chi connectivity index (χ0n) is 13.2. The molecule has 0 atom stereocenters. The van der Waals surface area contributed by atoms with Crippen molar-refractivity contribution in [1.82, 2.24) is 9.97 Å². The van der Waals surface area contributed by atoms with Crippen molar-refractivity contribution in [3.63, 3.8) is 0 Å². The van der Waals surface area contributed by atoms with Gasteiger partial charge < -0.3 is 15.2 Å². The van der Waals surface area contributed by atoms with Gasteiger partial charge in [-0.1, -0.05) is 32.4 Å². The summed E-state index contributed by atoms with van der Waals surface area (Å²) in [6.45, 7) is 9.36. The van der Waals surface area contributed by atoms with Crippen molar-refractivity contribution in [3.05, 3.63) is 16.5 Å². The first-order valence-corrected chi connectivity index (χ1v) is 7.67. The van der Waals surface area contributed by atoms with E-state index in [1.165, 1.54) is 0 Å². The van der Waals surface area contributed by atoms with Gasteiger partial charge in [-0.15, -0.1) is 0 Å². The number of rotatable bonds is 3. The fourth-order valence-corrected chi connectivity index (χ4v) is 2.45. The SMILES string of the molecule is Cc1c(Cl)nc(C(C)(C)C)nc1NC1(CO)CCOCC1. The van der Waals surface area contributed by atoms with Crippen LogP contribution in [0, 0.1) is 6.92 Å². The summed E-state index contributed by atoms with van der Waals surface area (Å²) >= 11 is 6.25. The Kier molecular flexibility index (Phi) is 4.76. The molecule has 1 aromatic rings. The highest BCUT2D eigenvalue weighted by Crippen LogP contribution is 2.30. The first-order chi connectivity index (χ1) is 9.77. The van der Waals surface area contributed by atoms with Crippen LogP contribution < -0.4 is 5.32 Å². The van der Waals surface area contributed by atoms with Gasteiger partial charge >= 0.3 is 0 Å². The van der Waals surface area contributed by atoms with Gasteiger partial charge in [0.05, 0.1) is 12.1 Å². The number of halogens is 1. The summed E-state index contributed by atoms with van der Waals surface area (Å²) < 4.78 is 5.39. The Labute approximate surface area is 131 Å². The number of anilines is 1. The number of aliphatic hydroxyl groups is 1. The third-order valence-electron chi connectivity index (χ3n) is 3.89. The summed E-state index contributed by atoms with van der Waals surface area (Å²) in [6, 6.07) is 0. The third-order valence-corrected chi connectivity index (χ3v) is 4.26. The summed E-state index contributed by atoms with van der Waals surface area (Å²) in [5.74, 6) is 1.40. The van der Waals surface area contributed by atoms with Gasteiger partial charge in [-0.2, -0.15) is 0 Å². The molecule has 5 nitrogen and oxygen atoms in total. The highest BCUT2D eigenvalue weighted by molar-refractivity contribution is 6.30. The molecule has 2 rings (SSSR count). The Bertz CT molecular complexity index is 508. The summed E-state index contributed by atoms with van der Waals surface area (Å²) in [4.78, 5) is 9.01. The van der Waals surface area contributed by atoms with E-state index < -0.39 is 5.54 Å². The van der Waals surface area contributed by atoms with Gasteiger partial charge in [0, 0.05) is 24.2 Å². The van der Waals surface area contributed by atoms with Crippen molar-refractivity contribution in [3.8, 4) is 0 Å². The number of hydrogen-bond donors (Lipinski definition) is 2. The molecule has 2 N–H and O–H groups in total. The van der Waals surface area contributed by atoms with Crippen molar-refractivity contribution >= 4 is 17.4 Å². The second-order valence-electron chi connectivity index (χ2n) is 6.74. The lowest BCUT2D eigenvalue weighted by Gasteiger charge is -2.37. The monoisotopic (exact) mass is 313 g/mol. The van der Waals surface area contributed by atoms with Crippen LogP contribution in [0.2, 0.25) is 5.15 Å². The Balaban J connectivity index is 2.36. The zero-order valence-corrected chi connectivity index (χ0v) is 13.9. The Morgan fingerprint density at radius 3 is 2.43 bits per heavy atom. The number of aliphatic hydroxyl groups excluding tert-OH is 1. The number of hydrogen-bond acceptors (Lipinski definition) is 5. The summed E-state index contributed by atoms with van der Waals surface area (Å²) in [7, 11) is 0. The third kappa shape index (κ3) is 3.65. The highest BCUT2D eigenvalue weighted by Gasteiger charge is 2.33. The van der Waals surface area contributed by atoms with E-state index in [2.05, 4.69) is 15.3 Å². The topological polar surface area (TPSA) is 67.3 Å². The normalized spacial score (nSPS) is 18.6. The second kappa shape index (κ2) is 6.07. The maximum absolute atomic E-state index is 9.80. The van der Waals surface area contributed by atoms with Crippen molar-refractivity contribution < 1.29 is 9.84 Å². The fourth-order valence-electron chi connectivity index (χ4n) is 2.28. The van der Waals surface area contributed by atoms with E-state index in [4.69, 9.17) is 16.3 Å². The standard InChI is InChI=1S/C15H24ClN3O2/c1-10-11(16)17-13(14(2,3)4)18-12(10)19-15(9-20)5-7-21-8-6-15/h20H,5-9H2,1-4H3,(H,17,18,19). The largest absolute Gasteiger partial charge is 0.394 e. The van der Waals surface area contributed by atoms with Gasteiger partial charge in [0.25, 0.3) is 0 Å². The Morgan fingerprint density at radius 2 is 1.90 bits per heavy atom. The molecular formula is C15H24ClN3O2. The molecule has 0 unspecified atom stereocenters. The first kappa shape index (κ1) is 16.5. The molecule has 0 aliphatic carbocycles. The van der Waals surface area contributed by atoms with Crippen LogP contribution in [0.5, 0.6) is 0 Å². The smallest absolute Gasteiger partial charge is 0.137 e. The Hall–Kier alpha value is -0.910. The minimum atomic E-state index is -0.393. The average molecular weight is 314 g/mol. The lowest BCUT2D eigenvalue weighted by atomic mass is 9.90. The van der Waals surface area contributed by atoms with E-state index in [9.17, 15) is 5.11 Å². The van der Waals surface area contributed by atoms with Crippen LogP contribution >= 0.6 is 11.6 Å². The Morgan fingerprint density at radius 1 is 1.29 bits per heavy atom. The van der Waals surface area contributed by atoms with E-state index in [1.54, 1.807) is 0 Å². The van der Waals surface area contributed by atoms with Crippen LogP contribution in [0.4, 0.5) is 5.82 Å². The lowest BCUT2D eigenvalue weighted by molar-refractivity contribution is 0.0378. The van der Waals surface area contributed by atoms with Crippen LogP contribution in [-0.4, -0.2) is 40.4 Å². The van der Waals surface area contributed by atoms with Crippen molar-refractivity contribution in [2.24, 2.45) is 0 Å². The van der Waals surface area contributed by atoms with E-state index >= 15 is 0 Å². The molecule has 0 bridgehead atoms. The lowest BCUT2D eigenvalue weighted by Crippen LogP contribution is -2.47. The molecule has 21 heavy (non-hydrogen) atoms. The minimum absolute atomic E-state index is 0.0439. The van der Waals surface area contributed by atoms with Crippen molar-refractivity contribution in [2.75, 3.05) is 25.1 Å².